The van der Waals surface area contributed by atoms with Gasteiger partial charge in [0.15, 0.2) is 0 Å². The summed E-state index contributed by atoms with van der Waals surface area (Å²) in [5.41, 5.74) is 0. The van der Waals surface area contributed by atoms with Crippen LogP contribution in [0.4, 0.5) is 5.82 Å². The van der Waals surface area contributed by atoms with E-state index in [1.807, 2.05) is 13.0 Å². The van der Waals surface area contributed by atoms with Gasteiger partial charge in [0.05, 0.1) is 0 Å². The van der Waals surface area contributed by atoms with Gasteiger partial charge in [-0.25, -0.2) is 9.97 Å². The number of aromatic nitrogens is 2. The van der Waals surface area contributed by atoms with Gasteiger partial charge in [0, 0.05) is 19.3 Å². The summed E-state index contributed by atoms with van der Waals surface area (Å²) in [6, 6.07) is 1.84. The van der Waals surface area contributed by atoms with Crippen LogP contribution in [0.15, 0.2) is 18.6 Å². The zero-order valence-electron chi connectivity index (χ0n) is 8.48. The van der Waals surface area contributed by atoms with Gasteiger partial charge in [0.2, 0.25) is 0 Å². The molecule has 1 rings (SSSR count). The van der Waals surface area contributed by atoms with Crippen LogP contribution < -0.4 is 5.32 Å². The normalized spacial score (nSPS) is 12.4. The molecular formula is C10H17N3O. The smallest absolute Gasteiger partial charge is 0.129 e. The van der Waals surface area contributed by atoms with Gasteiger partial charge in [0.1, 0.15) is 12.1 Å². The van der Waals surface area contributed by atoms with E-state index < -0.39 is 0 Å². The van der Waals surface area contributed by atoms with Crippen molar-refractivity contribution in [3.8, 4) is 0 Å². The molecule has 0 amide bonds. The zero-order chi connectivity index (χ0) is 10.2. The summed E-state index contributed by atoms with van der Waals surface area (Å²) in [5, 5.41) is 12.0. The predicted octanol–water partition coefficient (Wildman–Crippen LogP) is 1.30. The first-order valence-corrected chi connectivity index (χ1v) is 4.93. The van der Waals surface area contributed by atoms with Gasteiger partial charge in [-0.1, -0.05) is 6.92 Å². The molecule has 1 aromatic heterocycles. The molecule has 0 spiro atoms. The summed E-state index contributed by atoms with van der Waals surface area (Å²) in [7, 11) is 0. The van der Waals surface area contributed by atoms with Gasteiger partial charge >= 0.3 is 0 Å². The second kappa shape index (κ2) is 6.32. The minimum absolute atomic E-state index is 0.271. The molecule has 0 bridgehead atoms. The van der Waals surface area contributed by atoms with Crippen molar-refractivity contribution in [2.24, 2.45) is 5.92 Å². The molecule has 1 heterocycles. The van der Waals surface area contributed by atoms with Crippen LogP contribution in [0.1, 0.15) is 19.8 Å². The van der Waals surface area contributed by atoms with E-state index >= 15 is 0 Å². The molecule has 0 aliphatic carbocycles. The second-order valence-corrected chi connectivity index (χ2v) is 3.45. The van der Waals surface area contributed by atoms with Crippen molar-refractivity contribution in [2.75, 3.05) is 18.5 Å². The molecule has 4 nitrogen and oxygen atoms in total. The number of aliphatic hydroxyl groups is 1. The number of anilines is 1. The maximum Gasteiger partial charge on any atom is 0.129 e. The fourth-order valence-electron chi connectivity index (χ4n) is 1.15. The van der Waals surface area contributed by atoms with Crippen molar-refractivity contribution in [1.29, 1.82) is 0 Å². The molecule has 0 aromatic carbocycles. The number of rotatable bonds is 6. The van der Waals surface area contributed by atoms with E-state index in [1.54, 1.807) is 6.20 Å². The molecule has 1 aromatic rings. The Bertz CT molecular complexity index is 240. The molecule has 0 saturated heterocycles. The van der Waals surface area contributed by atoms with Gasteiger partial charge in [-0.15, -0.1) is 0 Å². The number of nitrogens with zero attached hydrogens (tertiary/aromatic N) is 2. The Balaban J connectivity index is 2.10. The predicted molar refractivity (Wildman–Crippen MR) is 56.0 cm³/mol. The molecule has 0 aliphatic rings. The Morgan fingerprint density at radius 1 is 1.57 bits per heavy atom. The summed E-state index contributed by atoms with van der Waals surface area (Å²) in [6.45, 7) is 3.21. The summed E-state index contributed by atoms with van der Waals surface area (Å²) in [5.74, 6) is 1.25. The average molecular weight is 195 g/mol. The highest BCUT2D eigenvalue weighted by atomic mass is 16.3. The van der Waals surface area contributed by atoms with Crippen LogP contribution in [0.25, 0.3) is 0 Å². The molecule has 0 fully saturated rings. The lowest BCUT2D eigenvalue weighted by atomic mass is 10.1. The topological polar surface area (TPSA) is 58.0 Å². The molecule has 0 radical (unpaired) electrons. The monoisotopic (exact) mass is 195 g/mol. The molecule has 2 N–H and O–H groups in total. The van der Waals surface area contributed by atoms with Crippen molar-refractivity contribution in [3.05, 3.63) is 18.6 Å². The Morgan fingerprint density at radius 2 is 2.43 bits per heavy atom. The quantitative estimate of drug-likeness (QED) is 0.672. The van der Waals surface area contributed by atoms with Gasteiger partial charge in [-0.3, -0.25) is 0 Å². The third-order valence-electron chi connectivity index (χ3n) is 2.07. The Morgan fingerprint density at radius 3 is 3.07 bits per heavy atom. The molecule has 4 heteroatoms. The minimum atomic E-state index is 0.271. The van der Waals surface area contributed by atoms with Crippen molar-refractivity contribution in [2.45, 2.75) is 19.8 Å². The maximum atomic E-state index is 8.81. The van der Waals surface area contributed by atoms with Crippen molar-refractivity contribution >= 4 is 5.82 Å². The lowest BCUT2D eigenvalue weighted by Crippen LogP contribution is -2.07. The van der Waals surface area contributed by atoms with Crippen molar-refractivity contribution in [3.63, 3.8) is 0 Å². The van der Waals surface area contributed by atoms with Crippen LogP contribution in [0.3, 0.4) is 0 Å². The first-order chi connectivity index (χ1) is 6.83. The van der Waals surface area contributed by atoms with Gasteiger partial charge in [-0.2, -0.15) is 0 Å². The van der Waals surface area contributed by atoms with E-state index in [9.17, 15) is 0 Å². The highest BCUT2D eigenvalue weighted by molar-refractivity contribution is 5.30. The van der Waals surface area contributed by atoms with E-state index in [2.05, 4.69) is 15.3 Å². The molecule has 1 atom stereocenters. The van der Waals surface area contributed by atoms with Crippen LogP contribution in [0.5, 0.6) is 0 Å². The molecule has 0 aliphatic heterocycles. The summed E-state index contributed by atoms with van der Waals surface area (Å²) < 4.78 is 0. The van der Waals surface area contributed by atoms with Crippen LogP contribution in [-0.2, 0) is 0 Å². The van der Waals surface area contributed by atoms with Crippen LogP contribution in [-0.4, -0.2) is 28.2 Å². The van der Waals surface area contributed by atoms with Crippen molar-refractivity contribution in [1.82, 2.24) is 9.97 Å². The van der Waals surface area contributed by atoms with E-state index in [0.29, 0.717) is 5.92 Å². The minimum Gasteiger partial charge on any atom is -0.396 e. The van der Waals surface area contributed by atoms with E-state index in [4.69, 9.17) is 5.11 Å². The lowest BCUT2D eigenvalue weighted by molar-refractivity contribution is 0.229. The number of hydrogen-bond acceptors (Lipinski definition) is 4. The van der Waals surface area contributed by atoms with Gasteiger partial charge < -0.3 is 10.4 Å². The Labute approximate surface area is 84.4 Å². The third-order valence-corrected chi connectivity index (χ3v) is 2.07. The molecule has 1 unspecified atom stereocenters. The summed E-state index contributed by atoms with van der Waals surface area (Å²) >= 11 is 0. The highest BCUT2D eigenvalue weighted by Crippen LogP contribution is 2.05. The van der Waals surface area contributed by atoms with Crippen molar-refractivity contribution < 1.29 is 5.11 Å². The largest absolute Gasteiger partial charge is 0.396 e. The van der Waals surface area contributed by atoms with E-state index in [-0.39, 0.29) is 6.61 Å². The fraction of sp³-hybridized carbons (Fsp3) is 0.600. The van der Waals surface area contributed by atoms with E-state index in [0.717, 1.165) is 25.2 Å². The first kappa shape index (κ1) is 10.9. The van der Waals surface area contributed by atoms with Gasteiger partial charge in [0.25, 0.3) is 0 Å². The molecule has 78 valence electrons. The molecular weight excluding hydrogens is 178 g/mol. The van der Waals surface area contributed by atoms with Crippen LogP contribution >= 0.6 is 0 Å². The number of nitrogens with one attached hydrogen (secondary N) is 1. The number of hydrogen-bond donors (Lipinski definition) is 2. The van der Waals surface area contributed by atoms with E-state index in [1.165, 1.54) is 6.33 Å². The number of aliphatic hydroxyl groups excluding tert-OH is 1. The Hall–Kier alpha value is -1.16. The Kier molecular flexibility index (Phi) is 4.93. The summed E-state index contributed by atoms with van der Waals surface area (Å²) in [4.78, 5) is 7.87. The van der Waals surface area contributed by atoms with Gasteiger partial charge in [-0.05, 0) is 24.8 Å². The molecule has 0 saturated carbocycles. The standard InChI is InChI=1S/C10H17N3O/c1-9(7-14)3-2-5-12-10-4-6-11-8-13-10/h4,6,8-9,14H,2-3,5,7H2,1H3,(H,11,12,13). The zero-order valence-corrected chi connectivity index (χ0v) is 8.48. The maximum absolute atomic E-state index is 8.81. The third kappa shape index (κ3) is 4.18. The first-order valence-electron chi connectivity index (χ1n) is 4.93. The summed E-state index contributed by atoms with van der Waals surface area (Å²) in [6.07, 6.45) is 5.32. The fourth-order valence-corrected chi connectivity index (χ4v) is 1.15. The SMILES string of the molecule is CC(CO)CCCNc1ccncn1. The second-order valence-electron chi connectivity index (χ2n) is 3.45. The highest BCUT2D eigenvalue weighted by Gasteiger charge is 1.98. The van der Waals surface area contributed by atoms with Crippen LogP contribution in [0.2, 0.25) is 0 Å². The van der Waals surface area contributed by atoms with Crippen LogP contribution in [0, 0.1) is 5.92 Å². The average Bonchev–Trinajstić information content (AvgIpc) is 2.25. The lowest BCUT2D eigenvalue weighted by Gasteiger charge is -2.08. The molecule has 14 heavy (non-hydrogen) atoms.